The lowest BCUT2D eigenvalue weighted by atomic mass is 9.89. The third-order valence-corrected chi connectivity index (χ3v) is 7.12. The minimum atomic E-state index is -0.265. The number of nitrogens with one attached hydrogen (secondary N) is 1. The molecule has 1 aromatic heterocycles. The maximum Gasteiger partial charge on any atom is 0.273 e. The van der Waals surface area contributed by atoms with E-state index in [1.54, 1.807) is 6.20 Å². The maximum atomic E-state index is 12.4. The van der Waals surface area contributed by atoms with E-state index in [0.717, 1.165) is 24.9 Å². The molecule has 5 unspecified atom stereocenters. The highest BCUT2D eigenvalue weighted by molar-refractivity contribution is 6.22. The fraction of sp³-hybridized carbons (Fsp3) is 0.650. The highest BCUT2D eigenvalue weighted by atomic mass is 35.5. The molecular formula is C20H26ClN5O3. The van der Waals surface area contributed by atoms with Gasteiger partial charge in [-0.15, -0.1) is 16.7 Å². The molecule has 9 heteroatoms. The fourth-order valence-electron chi connectivity index (χ4n) is 4.46. The minimum absolute atomic E-state index is 0.0338. The lowest BCUT2D eigenvalue weighted by Crippen LogP contribution is -2.63. The summed E-state index contributed by atoms with van der Waals surface area (Å²) in [7, 11) is 0. The van der Waals surface area contributed by atoms with Gasteiger partial charge in [-0.25, -0.2) is 4.68 Å². The predicted octanol–water partition coefficient (Wildman–Crippen LogP) is 0.958. The summed E-state index contributed by atoms with van der Waals surface area (Å²) in [4.78, 5) is 14.8. The summed E-state index contributed by atoms with van der Waals surface area (Å²) in [5, 5.41) is 19.9. The van der Waals surface area contributed by atoms with Crippen molar-refractivity contribution in [1.82, 2.24) is 25.2 Å². The van der Waals surface area contributed by atoms with E-state index >= 15 is 0 Å². The van der Waals surface area contributed by atoms with Crippen molar-refractivity contribution in [3.05, 3.63) is 35.9 Å². The van der Waals surface area contributed by atoms with Crippen LogP contribution in [0.2, 0.25) is 0 Å². The first-order valence-corrected chi connectivity index (χ1v) is 10.7. The van der Waals surface area contributed by atoms with Crippen molar-refractivity contribution in [1.29, 1.82) is 0 Å². The van der Waals surface area contributed by atoms with E-state index < -0.39 is 0 Å². The summed E-state index contributed by atoms with van der Waals surface area (Å²) in [5.74, 6) is 2.20. The number of halogens is 1. The number of likely N-dealkylation sites (tertiary alicyclic amines) is 1. The van der Waals surface area contributed by atoms with Crippen molar-refractivity contribution in [2.24, 2.45) is 17.8 Å². The van der Waals surface area contributed by atoms with Gasteiger partial charge >= 0.3 is 0 Å². The van der Waals surface area contributed by atoms with Crippen LogP contribution in [0.25, 0.3) is 0 Å². The van der Waals surface area contributed by atoms with Crippen LogP contribution in [0.5, 0.6) is 0 Å². The van der Waals surface area contributed by atoms with Crippen LogP contribution >= 0.6 is 11.6 Å². The van der Waals surface area contributed by atoms with E-state index in [0.29, 0.717) is 17.5 Å². The Morgan fingerprint density at radius 2 is 2.24 bits per heavy atom. The van der Waals surface area contributed by atoms with Crippen molar-refractivity contribution in [3.8, 4) is 0 Å². The molecule has 1 saturated heterocycles. The van der Waals surface area contributed by atoms with E-state index in [2.05, 4.69) is 33.5 Å². The van der Waals surface area contributed by atoms with Gasteiger partial charge in [-0.2, -0.15) is 0 Å². The van der Waals surface area contributed by atoms with E-state index in [-0.39, 0.29) is 42.5 Å². The first-order chi connectivity index (χ1) is 14.1. The fourth-order valence-corrected chi connectivity index (χ4v) is 4.89. The lowest BCUT2D eigenvalue weighted by molar-refractivity contribution is 0.0523. The highest BCUT2D eigenvalue weighted by Gasteiger charge is 2.66. The number of hydrogen-bond donors (Lipinski definition) is 2. The van der Waals surface area contributed by atoms with Crippen LogP contribution in [0.1, 0.15) is 29.9 Å². The Balaban J connectivity index is 1.10. The molecule has 2 heterocycles. The van der Waals surface area contributed by atoms with Crippen molar-refractivity contribution < 1.29 is 14.6 Å². The number of rotatable bonds is 8. The smallest absolute Gasteiger partial charge is 0.273 e. The van der Waals surface area contributed by atoms with Crippen LogP contribution < -0.4 is 5.32 Å². The number of alkyl halides is 1. The first-order valence-electron chi connectivity index (χ1n) is 10.3. The molecule has 1 aliphatic heterocycles. The summed E-state index contributed by atoms with van der Waals surface area (Å²) in [6.45, 7) is 3.91. The quantitative estimate of drug-likeness (QED) is 0.610. The molecule has 0 bridgehead atoms. The van der Waals surface area contributed by atoms with Crippen LogP contribution in [-0.4, -0.2) is 74.7 Å². The normalized spacial score (nSPS) is 34.0. The number of aromatic nitrogens is 3. The predicted molar refractivity (Wildman–Crippen MR) is 106 cm³/mol. The number of nitrogens with zero attached hydrogens (tertiary/aromatic N) is 4. The molecule has 1 amide bonds. The molecule has 29 heavy (non-hydrogen) atoms. The standard InChI is InChI=1S/C20H26ClN5O3/c1-11(13-3-2-4-17(18(13)21)29-6-5-27)25-8-12(9-25)22-20(28)16-10-26(24-23-16)19-14-7-15(14)19/h2-4,10-15,18-19,27H,5-9H2,1H3,(H,22,28). The largest absolute Gasteiger partial charge is 0.494 e. The number of carbonyl (C=O) groups excluding carboxylic acids is 1. The second-order valence-corrected chi connectivity index (χ2v) is 8.98. The summed E-state index contributed by atoms with van der Waals surface area (Å²) >= 11 is 6.61. The van der Waals surface area contributed by atoms with Crippen LogP contribution in [0.15, 0.2) is 30.2 Å². The Morgan fingerprint density at radius 1 is 1.45 bits per heavy atom. The molecule has 4 aliphatic rings. The SMILES string of the molecule is CC(C1C=CC=C(OCCO)C1Cl)N1CC(NC(=O)c2cn(C3C4CC43)nn2)C1. The molecule has 156 valence electrons. The molecule has 3 fully saturated rings. The van der Waals surface area contributed by atoms with Gasteiger partial charge in [0.2, 0.25) is 0 Å². The molecule has 3 aliphatic carbocycles. The average molecular weight is 420 g/mol. The Bertz CT molecular complexity index is 841. The summed E-state index contributed by atoms with van der Waals surface area (Å²) in [5.41, 5.74) is 0.398. The Labute approximate surface area is 174 Å². The molecule has 8 nitrogen and oxygen atoms in total. The van der Waals surface area contributed by atoms with E-state index in [1.165, 1.54) is 6.42 Å². The van der Waals surface area contributed by atoms with Crippen molar-refractivity contribution in [3.63, 3.8) is 0 Å². The zero-order chi connectivity index (χ0) is 20.1. The third-order valence-electron chi connectivity index (χ3n) is 6.62. The van der Waals surface area contributed by atoms with E-state index in [4.69, 9.17) is 21.4 Å². The number of fused-ring (bicyclic) bond motifs is 1. The minimum Gasteiger partial charge on any atom is -0.494 e. The lowest BCUT2D eigenvalue weighted by Gasteiger charge is -2.46. The highest BCUT2D eigenvalue weighted by Crippen LogP contribution is 2.70. The maximum absolute atomic E-state index is 12.4. The molecule has 2 N–H and O–H groups in total. The van der Waals surface area contributed by atoms with Gasteiger partial charge in [-0.1, -0.05) is 17.4 Å². The second-order valence-electron chi connectivity index (χ2n) is 8.51. The molecule has 1 aromatic rings. The van der Waals surface area contributed by atoms with Gasteiger partial charge in [0.25, 0.3) is 5.91 Å². The Morgan fingerprint density at radius 3 is 2.93 bits per heavy atom. The van der Waals surface area contributed by atoms with Crippen molar-refractivity contribution in [2.75, 3.05) is 26.3 Å². The van der Waals surface area contributed by atoms with E-state index in [9.17, 15) is 4.79 Å². The van der Waals surface area contributed by atoms with Gasteiger partial charge in [0.05, 0.1) is 30.3 Å². The monoisotopic (exact) mass is 419 g/mol. The van der Waals surface area contributed by atoms with E-state index in [1.807, 2.05) is 16.8 Å². The third kappa shape index (κ3) is 3.58. The van der Waals surface area contributed by atoms with Gasteiger partial charge in [0, 0.05) is 25.0 Å². The van der Waals surface area contributed by atoms with Crippen LogP contribution in [0.4, 0.5) is 0 Å². The molecule has 0 aromatic carbocycles. The zero-order valence-corrected chi connectivity index (χ0v) is 17.1. The summed E-state index contributed by atoms with van der Waals surface area (Å²) in [6, 6.07) is 0.800. The summed E-state index contributed by atoms with van der Waals surface area (Å²) < 4.78 is 7.40. The Hall–Kier alpha value is -1.90. The topological polar surface area (TPSA) is 92.5 Å². The van der Waals surface area contributed by atoms with Gasteiger partial charge in [0.1, 0.15) is 12.4 Å². The van der Waals surface area contributed by atoms with Crippen LogP contribution in [0.3, 0.4) is 0 Å². The number of aliphatic hydroxyl groups is 1. The molecular weight excluding hydrogens is 394 g/mol. The van der Waals surface area contributed by atoms with Gasteiger partial charge in [-0.05, 0) is 31.3 Å². The zero-order valence-electron chi connectivity index (χ0n) is 16.3. The van der Waals surface area contributed by atoms with Gasteiger partial charge < -0.3 is 15.2 Å². The molecule has 5 rings (SSSR count). The molecule has 0 spiro atoms. The average Bonchev–Trinajstić information content (AvgIpc) is 3.55. The second kappa shape index (κ2) is 7.41. The molecule has 5 atom stereocenters. The molecule has 2 saturated carbocycles. The van der Waals surface area contributed by atoms with Crippen molar-refractivity contribution >= 4 is 17.5 Å². The van der Waals surface area contributed by atoms with Gasteiger partial charge in [0.15, 0.2) is 5.69 Å². The van der Waals surface area contributed by atoms with Crippen LogP contribution in [0, 0.1) is 17.8 Å². The number of aliphatic hydroxyl groups excluding tert-OH is 1. The number of carbonyl (C=O) groups is 1. The Kier molecular flexibility index (Phi) is 4.88. The number of ether oxygens (including phenoxy) is 1. The van der Waals surface area contributed by atoms with Crippen molar-refractivity contribution in [2.45, 2.75) is 36.8 Å². The number of hydrogen-bond acceptors (Lipinski definition) is 6. The first kappa shape index (κ1) is 19.1. The molecule has 0 radical (unpaired) electrons. The number of allylic oxidation sites excluding steroid dienone is 3. The number of amides is 1. The van der Waals surface area contributed by atoms with Gasteiger partial charge in [-0.3, -0.25) is 9.69 Å². The van der Waals surface area contributed by atoms with Crippen LogP contribution in [-0.2, 0) is 4.74 Å². The summed E-state index contributed by atoms with van der Waals surface area (Å²) in [6.07, 6.45) is 8.98.